The molecule has 1 aliphatic carbocycles. The lowest BCUT2D eigenvalue weighted by Gasteiger charge is -2.13. The van der Waals surface area contributed by atoms with E-state index in [0.717, 1.165) is 30.4 Å². The van der Waals surface area contributed by atoms with Gasteiger partial charge in [0.05, 0.1) is 10.6 Å². The van der Waals surface area contributed by atoms with E-state index in [4.69, 9.17) is 0 Å². The largest absolute Gasteiger partial charge is 0.279 e. The fourth-order valence-corrected chi connectivity index (χ4v) is 3.95. The molecule has 0 atom stereocenters. The third-order valence-corrected chi connectivity index (χ3v) is 5.59. The first-order chi connectivity index (χ1) is 9.97. The maximum absolute atomic E-state index is 12.6. The summed E-state index contributed by atoms with van der Waals surface area (Å²) in [5, 5.41) is 0. The number of aryl methyl sites for hydroxylation is 3. The Morgan fingerprint density at radius 3 is 2.57 bits per heavy atom. The van der Waals surface area contributed by atoms with E-state index < -0.39 is 10.0 Å². The lowest BCUT2D eigenvalue weighted by molar-refractivity contribution is 0.601. The van der Waals surface area contributed by atoms with Gasteiger partial charge >= 0.3 is 0 Å². The molecular weight excluding hydrogens is 282 g/mol. The molecule has 21 heavy (non-hydrogen) atoms. The van der Waals surface area contributed by atoms with E-state index in [9.17, 15) is 8.42 Å². The zero-order chi connectivity index (χ0) is 15.0. The second-order valence-electron chi connectivity index (χ2n) is 5.64. The zero-order valence-electron chi connectivity index (χ0n) is 12.3. The average molecular weight is 301 g/mol. The molecule has 2 aromatic carbocycles. The smallest absolute Gasteiger partial charge is 0.261 e. The van der Waals surface area contributed by atoms with Gasteiger partial charge in [-0.15, -0.1) is 0 Å². The van der Waals surface area contributed by atoms with Crippen molar-refractivity contribution in [2.75, 3.05) is 4.72 Å². The summed E-state index contributed by atoms with van der Waals surface area (Å²) >= 11 is 0. The SMILES string of the molecule is Cc1cccc(NS(=O)(=O)c2ccc3c(c2)CCC3)c1C. The van der Waals surface area contributed by atoms with Crippen LogP contribution in [0, 0.1) is 13.8 Å². The van der Waals surface area contributed by atoms with E-state index in [1.807, 2.05) is 38.1 Å². The molecule has 3 nitrogen and oxygen atoms in total. The lowest BCUT2D eigenvalue weighted by Crippen LogP contribution is -2.14. The Balaban J connectivity index is 1.96. The van der Waals surface area contributed by atoms with Gasteiger partial charge in [0.2, 0.25) is 0 Å². The Hall–Kier alpha value is -1.81. The Kier molecular flexibility index (Phi) is 3.49. The zero-order valence-corrected chi connectivity index (χ0v) is 13.1. The number of rotatable bonds is 3. The van der Waals surface area contributed by atoms with Gasteiger partial charge in [0.25, 0.3) is 10.0 Å². The van der Waals surface area contributed by atoms with Crippen LogP contribution in [-0.2, 0) is 22.9 Å². The van der Waals surface area contributed by atoms with Crippen LogP contribution in [0.4, 0.5) is 5.69 Å². The molecule has 2 aromatic rings. The number of hydrogen-bond acceptors (Lipinski definition) is 2. The third-order valence-electron chi connectivity index (χ3n) is 4.23. The van der Waals surface area contributed by atoms with Crippen molar-refractivity contribution < 1.29 is 8.42 Å². The Labute approximate surface area is 126 Å². The minimum Gasteiger partial charge on any atom is -0.279 e. The van der Waals surface area contributed by atoms with Gasteiger partial charge < -0.3 is 0 Å². The van der Waals surface area contributed by atoms with Crippen LogP contribution in [-0.4, -0.2) is 8.42 Å². The fourth-order valence-electron chi connectivity index (χ4n) is 2.78. The molecule has 0 fully saturated rings. The van der Waals surface area contributed by atoms with Crippen molar-refractivity contribution in [1.29, 1.82) is 0 Å². The van der Waals surface area contributed by atoms with E-state index >= 15 is 0 Å². The van der Waals surface area contributed by atoms with Crippen LogP contribution in [0.15, 0.2) is 41.3 Å². The standard InChI is InChI=1S/C17H19NO2S/c1-12-5-3-8-17(13(12)2)18-21(19,20)16-10-9-14-6-4-7-15(14)11-16/h3,5,8-11,18H,4,6-7H2,1-2H3. The molecule has 0 aromatic heterocycles. The molecule has 110 valence electrons. The number of nitrogens with one attached hydrogen (secondary N) is 1. The first-order valence-corrected chi connectivity index (χ1v) is 8.66. The quantitative estimate of drug-likeness (QED) is 0.941. The summed E-state index contributed by atoms with van der Waals surface area (Å²) < 4.78 is 27.8. The Bertz CT molecular complexity index is 794. The molecule has 0 spiro atoms. The van der Waals surface area contributed by atoms with Crippen molar-refractivity contribution in [3.63, 3.8) is 0 Å². The minimum absolute atomic E-state index is 0.351. The van der Waals surface area contributed by atoms with Gasteiger partial charge in [-0.2, -0.15) is 0 Å². The Morgan fingerprint density at radius 1 is 1.00 bits per heavy atom. The van der Waals surface area contributed by atoms with Crippen molar-refractivity contribution in [3.8, 4) is 0 Å². The Morgan fingerprint density at radius 2 is 1.76 bits per heavy atom. The van der Waals surface area contributed by atoms with Gasteiger partial charge in [-0.1, -0.05) is 18.2 Å². The summed E-state index contributed by atoms with van der Waals surface area (Å²) in [6.45, 7) is 3.90. The molecule has 1 aliphatic rings. The molecule has 0 aliphatic heterocycles. The van der Waals surface area contributed by atoms with Crippen molar-refractivity contribution in [3.05, 3.63) is 58.7 Å². The predicted octanol–water partition coefficient (Wildman–Crippen LogP) is 3.59. The van der Waals surface area contributed by atoms with Crippen molar-refractivity contribution >= 4 is 15.7 Å². The molecule has 4 heteroatoms. The molecule has 3 rings (SSSR count). The minimum atomic E-state index is -3.52. The van der Waals surface area contributed by atoms with Gasteiger partial charge in [0, 0.05) is 0 Å². The van der Waals surface area contributed by atoms with Crippen LogP contribution in [0.5, 0.6) is 0 Å². The van der Waals surface area contributed by atoms with E-state index in [-0.39, 0.29) is 0 Å². The molecule has 0 radical (unpaired) electrons. The summed E-state index contributed by atoms with van der Waals surface area (Å²) in [7, 11) is -3.52. The first-order valence-electron chi connectivity index (χ1n) is 7.18. The van der Waals surface area contributed by atoms with Crippen molar-refractivity contribution in [2.24, 2.45) is 0 Å². The number of hydrogen-bond donors (Lipinski definition) is 1. The van der Waals surface area contributed by atoms with E-state index in [1.54, 1.807) is 12.1 Å². The fraction of sp³-hybridized carbons (Fsp3) is 0.294. The highest BCUT2D eigenvalue weighted by Crippen LogP contribution is 2.27. The van der Waals surface area contributed by atoms with E-state index in [2.05, 4.69) is 4.72 Å². The number of fused-ring (bicyclic) bond motifs is 1. The van der Waals surface area contributed by atoms with E-state index in [1.165, 1.54) is 11.1 Å². The maximum atomic E-state index is 12.6. The highest BCUT2D eigenvalue weighted by atomic mass is 32.2. The highest BCUT2D eigenvalue weighted by molar-refractivity contribution is 7.92. The maximum Gasteiger partial charge on any atom is 0.261 e. The molecule has 0 saturated heterocycles. The lowest BCUT2D eigenvalue weighted by atomic mass is 10.1. The summed E-state index contributed by atoms with van der Waals surface area (Å²) in [5.41, 5.74) is 5.13. The molecular formula is C17H19NO2S. The number of benzene rings is 2. The number of sulfonamides is 1. The predicted molar refractivity (Wildman–Crippen MR) is 85.2 cm³/mol. The second-order valence-corrected chi connectivity index (χ2v) is 7.32. The topological polar surface area (TPSA) is 46.2 Å². The highest BCUT2D eigenvalue weighted by Gasteiger charge is 2.19. The molecule has 0 heterocycles. The third kappa shape index (κ3) is 2.68. The molecule has 0 bridgehead atoms. The van der Waals surface area contributed by atoms with Crippen molar-refractivity contribution in [1.82, 2.24) is 0 Å². The molecule has 0 unspecified atom stereocenters. The molecule has 0 amide bonds. The molecule has 0 saturated carbocycles. The second kappa shape index (κ2) is 5.19. The molecule has 1 N–H and O–H groups in total. The van der Waals surface area contributed by atoms with Crippen molar-refractivity contribution in [2.45, 2.75) is 38.0 Å². The average Bonchev–Trinajstić information content (AvgIpc) is 2.91. The van der Waals surface area contributed by atoms with Crippen LogP contribution in [0.2, 0.25) is 0 Å². The number of anilines is 1. The van der Waals surface area contributed by atoms with Crippen LogP contribution < -0.4 is 4.72 Å². The summed E-state index contributed by atoms with van der Waals surface area (Å²) in [6.07, 6.45) is 3.14. The summed E-state index contributed by atoms with van der Waals surface area (Å²) in [4.78, 5) is 0.351. The van der Waals surface area contributed by atoms with Gasteiger partial charge in [-0.05, 0) is 73.6 Å². The van der Waals surface area contributed by atoms with Gasteiger partial charge in [-0.25, -0.2) is 8.42 Å². The monoisotopic (exact) mass is 301 g/mol. The normalized spacial score (nSPS) is 14.0. The van der Waals surface area contributed by atoms with Crippen LogP contribution in [0.1, 0.15) is 28.7 Å². The van der Waals surface area contributed by atoms with Crippen LogP contribution in [0.25, 0.3) is 0 Å². The van der Waals surface area contributed by atoms with Crippen LogP contribution in [0.3, 0.4) is 0 Å². The van der Waals surface area contributed by atoms with E-state index in [0.29, 0.717) is 10.6 Å². The van der Waals surface area contributed by atoms with Gasteiger partial charge in [-0.3, -0.25) is 4.72 Å². The van der Waals surface area contributed by atoms with Crippen LogP contribution >= 0.6 is 0 Å². The van der Waals surface area contributed by atoms with Gasteiger partial charge in [0.15, 0.2) is 0 Å². The summed E-state index contributed by atoms with van der Waals surface area (Å²) in [5.74, 6) is 0. The summed E-state index contributed by atoms with van der Waals surface area (Å²) in [6, 6.07) is 11.1. The first kappa shape index (κ1) is 14.1. The van der Waals surface area contributed by atoms with Gasteiger partial charge in [0.1, 0.15) is 0 Å².